The number of nitrogens with zero attached hydrogens (tertiary/aromatic N) is 1. The van der Waals surface area contributed by atoms with Gasteiger partial charge in [0.15, 0.2) is 0 Å². The predicted octanol–water partition coefficient (Wildman–Crippen LogP) is 2.40. The van der Waals surface area contributed by atoms with Crippen LogP contribution in [0.4, 0.5) is 0 Å². The van der Waals surface area contributed by atoms with E-state index < -0.39 is 0 Å². The molecule has 2 bridgehead atoms. The lowest BCUT2D eigenvalue weighted by molar-refractivity contribution is -0.0538. The lowest BCUT2D eigenvalue weighted by Crippen LogP contribution is -2.52. The molecular weight excluding hydrogens is 236 g/mol. The van der Waals surface area contributed by atoms with Crippen molar-refractivity contribution in [3.63, 3.8) is 0 Å². The van der Waals surface area contributed by atoms with Gasteiger partial charge in [0.05, 0.1) is 6.10 Å². The third-order valence-corrected chi connectivity index (χ3v) is 5.63. The summed E-state index contributed by atoms with van der Waals surface area (Å²) >= 11 is 0. The molecule has 0 radical (unpaired) electrons. The summed E-state index contributed by atoms with van der Waals surface area (Å²) in [6.07, 6.45) is 8.44. The number of nitrogens with one attached hydrogen (secondary N) is 1. The zero-order valence-electron chi connectivity index (χ0n) is 12.8. The topological polar surface area (TPSA) is 24.5 Å². The van der Waals surface area contributed by atoms with E-state index in [1.807, 2.05) is 0 Å². The van der Waals surface area contributed by atoms with Crippen molar-refractivity contribution in [2.45, 2.75) is 82.6 Å². The molecule has 0 amide bonds. The van der Waals surface area contributed by atoms with E-state index in [2.05, 4.69) is 31.1 Å². The zero-order chi connectivity index (χ0) is 13.4. The van der Waals surface area contributed by atoms with Crippen LogP contribution < -0.4 is 5.32 Å². The summed E-state index contributed by atoms with van der Waals surface area (Å²) in [6, 6.07) is 3.14. The monoisotopic (exact) mass is 266 g/mol. The quantitative estimate of drug-likeness (QED) is 0.849. The van der Waals surface area contributed by atoms with Gasteiger partial charge < -0.3 is 15.0 Å². The molecule has 3 nitrogen and oxygen atoms in total. The van der Waals surface area contributed by atoms with Crippen LogP contribution in [0.5, 0.6) is 0 Å². The molecule has 3 saturated heterocycles. The van der Waals surface area contributed by atoms with Gasteiger partial charge in [-0.3, -0.25) is 0 Å². The van der Waals surface area contributed by atoms with E-state index >= 15 is 0 Å². The van der Waals surface area contributed by atoms with Crippen LogP contribution >= 0.6 is 0 Å². The van der Waals surface area contributed by atoms with Gasteiger partial charge in [-0.15, -0.1) is 0 Å². The van der Waals surface area contributed by atoms with Crippen molar-refractivity contribution in [2.75, 3.05) is 13.7 Å². The second-order valence-corrected chi connectivity index (χ2v) is 7.26. The fourth-order valence-corrected chi connectivity index (χ4v) is 4.30. The summed E-state index contributed by atoms with van der Waals surface area (Å²) in [5.74, 6) is 0.653. The first-order valence-corrected chi connectivity index (χ1v) is 8.23. The van der Waals surface area contributed by atoms with Gasteiger partial charge in [-0.05, 0) is 51.5 Å². The smallest absolute Gasteiger partial charge is 0.0612 e. The first-order chi connectivity index (χ1) is 9.13. The van der Waals surface area contributed by atoms with E-state index in [1.54, 1.807) is 0 Å². The molecule has 19 heavy (non-hydrogen) atoms. The Kier molecular flexibility index (Phi) is 4.16. The SMILES string of the molecule is CC(C)C1CC(N(C)C2CC3CCC(C2)N3)CCO1. The minimum Gasteiger partial charge on any atom is -0.378 e. The van der Waals surface area contributed by atoms with Crippen molar-refractivity contribution in [3.05, 3.63) is 0 Å². The van der Waals surface area contributed by atoms with Crippen LogP contribution in [0, 0.1) is 5.92 Å². The van der Waals surface area contributed by atoms with E-state index in [1.165, 1.54) is 38.5 Å². The Balaban J connectivity index is 1.58. The molecule has 110 valence electrons. The summed E-state index contributed by atoms with van der Waals surface area (Å²) < 4.78 is 5.92. The normalized spacial score (nSPS) is 43.1. The molecule has 4 atom stereocenters. The van der Waals surface area contributed by atoms with Crippen molar-refractivity contribution in [1.29, 1.82) is 0 Å². The van der Waals surface area contributed by atoms with Gasteiger partial charge >= 0.3 is 0 Å². The number of ether oxygens (including phenoxy) is 1. The molecule has 0 saturated carbocycles. The zero-order valence-corrected chi connectivity index (χ0v) is 12.8. The van der Waals surface area contributed by atoms with Crippen molar-refractivity contribution < 1.29 is 4.74 Å². The summed E-state index contributed by atoms with van der Waals surface area (Å²) in [5.41, 5.74) is 0. The van der Waals surface area contributed by atoms with E-state index in [-0.39, 0.29) is 0 Å². The maximum absolute atomic E-state index is 5.92. The third-order valence-electron chi connectivity index (χ3n) is 5.63. The van der Waals surface area contributed by atoms with Crippen molar-refractivity contribution in [1.82, 2.24) is 10.2 Å². The molecule has 0 aliphatic carbocycles. The summed E-state index contributed by atoms with van der Waals surface area (Å²) in [7, 11) is 2.36. The molecule has 0 aromatic carbocycles. The largest absolute Gasteiger partial charge is 0.378 e. The first-order valence-electron chi connectivity index (χ1n) is 8.23. The lowest BCUT2D eigenvalue weighted by atomic mass is 9.91. The fourth-order valence-electron chi connectivity index (χ4n) is 4.30. The Hall–Kier alpha value is -0.120. The van der Waals surface area contributed by atoms with Crippen LogP contribution in [0.25, 0.3) is 0 Å². The standard InChI is InChI=1S/C16H30N2O/c1-11(2)16-10-14(6-7-19-16)18(3)15-8-12-4-5-13(9-15)17-12/h11-17H,4-10H2,1-3H3. The molecule has 3 fully saturated rings. The predicted molar refractivity (Wildman–Crippen MR) is 78.3 cm³/mol. The minimum absolute atomic E-state index is 0.472. The molecule has 3 aliphatic rings. The molecule has 0 aromatic rings. The molecular formula is C16H30N2O. The number of hydrogen-bond donors (Lipinski definition) is 1. The van der Waals surface area contributed by atoms with Crippen molar-refractivity contribution in [2.24, 2.45) is 5.92 Å². The van der Waals surface area contributed by atoms with Crippen LogP contribution in [-0.4, -0.2) is 48.8 Å². The lowest BCUT2D eigenvalue weighted by Gasteiger charge is -2.43. The maximum atomic E-state index is 5.92. The van der Waals surface area contributed by atoms with Crippen LogP contribution in [0.15, 0.2) is 0 Å². The van der Waals surface area contributed by atoms with E-state index in [4.69, 9.17) is 4.74 Å². The molecule has 1 N–H and O–H groups in total. The van der Waals surface area contributed by atoms with Crippen LogP contribution in [0.2, 0.25) is 0 Å². The highest BCUT2D eigenvalue weighted by Crippen LogP contribution is 2.32. The average molecular weight is 266 g/mol. The molecule has 4 unspecified atom stereocenters. The fraction of sp³-hybridized carbons (Fsp3) is 1.00. The average Bonchev–Trinajstić information content (AvgIpc) is 2.76. The Morgan fingerprint density at radius 2 is 1.68 bits per heavy atom. The van der Waals surface area contributed by atoms with Crippen molar-refractivity contribution >= 4 is 0 Å². The van der Waals surface area contributed by atoms with Gasteiger partial charge in [-0.2, -0.15) is 0 Å². The van der Waals surface area contributed by atoms with Crippen LogP contribution in [0.1, 0.15) is 52.4 Å². The second-order valence-electron chi connectivity index (χ2n) is 7.26. The molecule has 0 aromatic heterocycles. The van der Waals surface area contributed by atoms with Gasteiger partial charge in [0.1, 0.15) is 0 Å². The summed E-state index contributed by atoms with van der Waals surface area (Å²) in [4.78, 5) is 2.70. The highest BCUT2D eigenvalue weighted by atomic mass is 16.5. The molecule has 0 spiro atoms. The van der Waals surface area contributed by atoms with E-state index in [0.717, 1.165) is 30.8 Å². The van der Waals surface area contributed by atoms with Crippen molar-refractivity contribution in [3.8, 4) is 0 Å². The van der Waals surface area contributed by atoms with Gasteiger partial charge in [0, 0.05) is 30.8 Å². The summed E-state index contributed by atoms with van der Waals surface area (Å²) in [5, 5.41) is 3.75. The molecule has 3 heterocycles. The summed E-state index contributed by atoms with van der Waals surface area (Å²) in [6.45, 7) is 5.53. The Labute approximate surface area is 118 Å². The minimum atomic E-state index is 0.472. The number of piperidine rings is 1. The maximum Gasteiger partial charge on any atom is 0.0612 e. The molecule has 3 rings (SSSR count). The van der Waals surface area contributed by atoms with Crippen LogP contribution in [-0.2, 0) is 4.74 Å². The van der Waals surface area contributed by atoms with Gasteiger partial charge in [-0.25, -0.2) is 0 Å². The second kappa shape index (κ2) is 5.71. The molecule has 3 aliphatic heterocycles. The van der Waals surface area contributed by atoms with Crippen LogP contribution in [0.3, 0.4) is 0 Å². The van der Waals surface area contributed by atoms with E-state index in [9.17, 15) is 0 Å². The third kappa shape index (κ3) is 2.98. The van der Waals surface area contributed by atoms with Gasteiger partial charge in [0.2, 0.25) is 0 Å². The Bertz CT molecular complexity index is 295. The Morgan fingerprint density at radius 1 is 1.00 bits per heavy atom. The van der Waals surface area contributed by atoms with E-state index in [0.29, 0.717) is 12.0 Å². The molecule has 3 heteroatoms. The number of hydrogen-bond acceptors (Lipinski definition) is 3. The Morgan fingerprint density at radius 3 is 2.32 bits per heavy atom. The number of fused-ring (bicyclic) bond motifs is 2. The highest BCUT2D eigenvalue weighted by Gasteiger charge is 2.38. The van der Waals surface area contributed by atoms with Gasteiger partial charge in [0.25, 0.3) is 0 Å². The van der Waals surface area contributed by atoms with Gasteiger partial charge in [-0.1, -0.05) is 13.8 Å². The first kappa shape index (κ1) is 13.8. The highest BCUT2D eigenvalue weighted by molar-refractivity contribution is 4.96. The number of rotatable bonds is 3.